The van der Waals surface area contributed by atoms with Crippen molar-refractivity contribution in [1.82, 2.24) is 40.5 Å². The molecule has 1 aliphatic heterocycles. The highest BCUT2D eigenvalue weighted by molar-refractivity contribution is 5.90. The lowest BCUT2D eigenvalue weighted by Crippen LogP contribution is -2.52. The topological polar surface area (TPSA) is 166 Å². The number of hydrogen-bond donors (Lipinski definition) is 6. The van der Waals surface area contributed by atoms with Crippen molar-refractivity contribution >= 4 is 28.7 Å². The minimum absolute atomic E-state index is 0.0471. The Morgan fingerprint density at radius 2 is 1.65 bits per heavy atom. The molecule has 2 amide bonds. The minimum Gasteiger partial charge on any atom is -0.480 e. The van der Waals surface area contributed by atoms with Gasteiger partial charge in [-0.05, 0) is 32.3 Å². The summed E-state index contributed by atoms with van der Waals surface area (Å²) in [6.45, 7) is 8.81. The smallest absolute Gasteiger partial charge is 0.317 e. The lowest BCUT2D eigenvalue weighted by Gasteiger charge is -2.33. The fourth-order valence-corrected chi connectivity index (χ4v) is 5.02. The van der Waals surface area contributed by atoms with E-state index in [1.54, 1.807) is 11.9 Å². The van der Waals surface area contributed by atoms with Gasteiger partial charge in [-0.25, -0.2) is 5.26 Å². The number of benzene rings is 1. The first-order chi connectivity index (χ1) is 20.7. The van der Waals surface area contributed by atoms with E-state index < -0.39 is 12.0 Å². The zero-order valence-corrected chi connectivity index (χ0v) is 25.2. The zero-order chi connectivity index (χ0) is 31.2. The molecule has 0 spiro atoms. The highest BCUT2D eigenvalue weighted by atomic mass is 17.1. The number of carboxylic acid groups (broad SMARTS) is 1. The molecule has 6 N–H and O–H groups in total. The maximum Gasteiger partial charge on any atom is 0.317 e. The first-order valence-electron chi connectivity index (χ1n) is 14.6. The summed E-state index contributed by atoms with van der Waals surface area (Å²) >= 11 is 0. The van der Waals surface area contributed by atoms with Gasteiger partial charge in [0.2, 0.25) is 17.7 Å². The number of aliphatic carboxylic acids is 1. The number of aromatic nitrogens is 1. The zero-order valence-electron chi connectivity index (χ0n) is 25.2. The van der Waals surface area contributed by atoms with Crippen LogP contribution in [0.4, 0.5) is 0 Å². The number of rotatable bonds is 13. The molecule has 1 unspecified atom stereocenters. The van der Waals surface area contributed by atoms with Crippen molar-refractivity contribution in [2.45, 2.75) is 12.5 Å². The highest BCUT2D eigenvalue weighted by Crippen LogP contribution is 2.19. The SMILES string of the molecule is C=C(OO)N1CCN(CC(=O)O)CCN(C)CCN(CC(=O)NC(Cc2c[nH]c3ccccc23)C(=O)NCCNC)CC1. The molecule has 0 bridgehead atoms. The second-order valence-corrected chi connectivity index (χ2v) is 10.8. The molecule has 14 heteroatoms. The number of H-pyrrole nitrogens is 1. The number of amides is 2. The number of hydrogen-bond acceptors (Lipinski definition) is 10. The Balaban J connectivity index is 1.70. The quantitative estimate of drug-likeness (QED) is 0.0753. The largest absolute Gasteiger partial charge is 0.480 e. The maximum absolute atomic E-state index is 13.4. The number of carboxylic acids is 1. The predicted octanol–water partition coefficient (Wildman–Crippen LogP) is -0.572. The van der Waals surface area contributed by atoms with Gasteiger partial charge in [0.25, 0.3) is 0 Å². The summed E-state index contributed by atoms with van der Waals surface area (Å²) in [6.07, 6.45) is 2.21. The van der Waals surface area contributed by atoms with Gasteiger partial charge in [-0.1, -0.05) is 18.2 Å². The van der Waals surface area contributed by atoms with Gasteiger partial charge in [0, 0.05) is 89.0 Å². The Kier molecular flexibility index (Phi) is 13.7. The van der Waals surface area contributed by atoms with Crippen LogP contribution in [0.15, 0.2) is 42.9 Å². The van der Waals surface area contributed by atoms with Gasteiger partial charge in [0.1, 0.15) is 6.04 Å². The Bertz CT molecular complexity index is 1210. The number of carbonyl (C=O) groups excluding carboxylic acids is 2. The minimum atomic E-state index is -0.908. The summed E-state index contributed by atoms with van der Waals surface area (Å²) < 4.78 is 0. The van der Waals surface area contributed by atoms with E-state index in [9.17, 15) is 24.7 Å². The van der Waals surface area contributed by atoms with E-state index in [4.69, 9.17) is 0 Å². The maximum atomic E-state index is 13.4. The summed E-state index contributed by atoms with van der Waals surface area (Å²) in [5.41, 5.74) is 1.90. The predicted molar refractivity (Wildman–Crippen MR) is 163 cm³/mol. The van der Waals surface area contributed by atoms with E-state index in [1.165, 1.54) is 0 Å². The highest BCUT2D eigenvalue weighted by Gasteiger charge is 2.24. The van der Waals surface area contributed by atoms with Gasteiger partial charge in [-0.3, -0.25) is 24.2 Å². The molecule has 0 saturated carbocycles. The molecule has 43 heavy (non-hydrogen) atoms. The second kappa shape index (κ2) is 17.4. The second-order valence-electron chi connectivity index (χ2n) is 10.8. The van der Waals surface area contributed by atoms with E-state index in [-0.39, 0.29) is 30.8 Å². The molecule has 1 fully saturated rings. The Morgan fingerprint density at radius 1 is 1.00 bits per heavy atom. The van der Waals surface area contributed by atoms with Crippen molar-refractivity contribution in [2.75, 3.05) is 92.6 Å². The lowest BCUT2D eigenvalue weighted by molar-refractivity contribution is -0.224. The molecule has 3 rings (SSSR count). The summed E-state index contributed by atoms with van der Waals surface area (Å²) in [4.78, 5) is 53.2. The number of nitrogens with zero attached hydrogens (tertiary/aromatic N) is 4. The molecule has 1 aliphatic rings. The van der Waals surface area contributed by atoms with Crippen LogP contribution in [-0.4, -0.2) is 151 Å². The van der Waals surface area contributed by atoms with E-state index in [0.717, 1.165) is 16.5 Å². The summed E-state index contributed by atoms with van der Waals surface area (Å²) in [5, 5.41) is 28.4. The van der Waals surface area contributed by atoms with Crippen LogP contribution in [0.25, 0.3) is 10.9 Å². The normalized spacial score (nSPS) is 17.0. The van der Waals surface area contributed by atoms with Gasteiger partial charge in [0.15, 0.2) is 0 Å². The van der Waals surface area contributed by atoms with Crippen molar-refractivity contribution in [3.63, 3.8) is 0 Å². The number of fused-ring (bicyclic) bond motifs is 1. The Hall–Kier alpha value is -3.69. The Morgan fingerprint density at radius 3 is 2.30 bits per heavy atom. The molecule has 0 aliphatic carbocycles. The van der Waals surface area contributed by atoms with Gasteiger partial charge in [0.05, 0.1) is 13.1 Å². The average Bonchev–Trinajstić information content (AvgIpc) is 3.39. The summed E-state index contributed by atoms with van der Waals surface area (Å²) in [7, 11) is 3.77. The molecule has 0 radical (unpaired) electrons. The monoisotopic (exact) mass is 602 g/mol. The molecule has 2 aromatic rings. The van der Waals surface area contributed by atoms with Gasteiger partial charge < -0.3 is 40.7 Å². The molecule has 2 heterocycles. The van der Waals surface area contributed by atoms with Crippen molar-refractivity contribution in [2.24, 2.45) is 0 Å². The van der Waals surface area contributed by atoms with Crippen LogP contribution >= 0.6 is 0 Å². The van der Waals surface area contributed by atoms with E-state index in [1.807, 2.05) is 47.3 Å². The average molecular weight is 603 g/mol. The number of likely N-dealkylation sites (N-methyl/N-ethyl adjacent to an activating group) is 2. The van der Waals surface area contributed by atoms with Crippen LogP contribution < -0.4 is 16.0 Å². The number of carbonyl (C=O) groups is 3. The fraction of sp³-hybridized carbons (Fsp3) is 0.552. The fourth-order valence-electron chi connectivity index (χ4n) is 5.02. The van der Waals surface area contributed by atoms with Crippen molar-refractivity contribution in [1.29, 1.82) is 0 Å². The van der Waals surface area contributed by atoms with E-state index >= 15 is 0 Å². The number of nitrogens with one attached hydrogen (secondary N) is 4. The van der Waals surface area contributed by atoms with Gasteiger partial charge in [-0.15, -0.1) is 0 Å². The van der Waals surface area contributed by atoms with Crippen molar-refractivity contribution in [3.8, 4) is 0 Å². The first kappa shape index (κ1) is 33.8. The molecule has 1 atom stereocenters. The molecule has 238 valence electrons. The third-order valence-electron chi connectivity index (χ3n) is 7.58. The number of aromatic amines is 1. The molecule has 14 nitrogen and oxygen atoms in total. The number of para-hydroxylation sites is 1. The third-order valence-corrected chi connectivity index (χ3v) is 7.58. The van der Waals surface area contributed by atoms with Gasteiger partial charge in [-0.2, -0.15) is 0 Å². The summed E-state index contributed by atoms with van der Waals surface area (Å²) in [6, 6.07) is 7.07. The van der Waals surface area contributed by atoms with Crippen LogP contribution in [0.1, 0.15) is 5.56 Å². The molecular weight excluding hydrogens is 556 g/mol. The van der Waals surface area contributed by atoms with Crippen LogP contribution in [0.2, 0.25) is 0 Å². The Labute approximate surface area is 252 Å². The van der Waals surface area contributed by atoms with Crippen molar-refractivity contribution < 1.29 is 29.6 Å². The summed E-state index contributed by atoms with van der Waals surface area (Å²) in [5.74, 6) is -1.39. The van der Waals surface area contributed by atoms with Crippen LogP contribution in [0, 0.1) is 0 Å². The van der Waals surface area contributed by atoms with Crippen LogP contribution in [-0.2, 0) is 25.7 Å². The lowest BCUT2D eigenvalue weighted by atomic mass is 10.0. The van der Waals surface area contributed by atoms with E-state index in [0.29, 0.717) is 71.9 Å². The molecule has 1 saturated heterocycles. The molecular formula is C29H46N8O6. The van der Waals surface area contributed by atoms with Crippen LogP contribution in [0.3, 0.4) is 0 Å². The first-order valence-corrected chi connectivity index (χ1v) is 14.6. The van der Waals surface area contributed by atoms with E-state index in [2.05, 4.69) is 37.3 Å². The molecule has 1 aromatic heterocycles. The van der Waals surface area contributed by atoms with Gasteiger partial charge >= 0.3 is 5.97 Å². The standard InChI is InChI=1S/C29H46N8O6/c1-22(43-42)37-16-14-35(12-10-34(3)11-13-36(15-17-37)21-28(39)40)20-27(38)33-26(29(41)31-9-8-30-2)18-23-19-32-25-7-5-4-6-24(23)25/h4-7,19,26,30,32,42H,1,8-18,20-21H2,2-3H3,(H,31,41)(H,33,38)(H,39,40). The third kappa shape index (κ3) is 11.1. The molecule has 1 aromatic carbocycles. The van der Waals surface area contributed by atoms with Crippen LogP contribution in [0.5, 0.6) is 0 Å². The van der Waals surface area contributed by atoms with Crippen molar-refractivity contribution in [3.05, 3.63) is 48.5 Å².